The Bertz CT molecular complexity index is 655. The van der Waals surface area contributed by atoms with E-state index in [-0.39, 0.29) is 11.3 Å². The van der Waals surface area contributed by atoms with Gasteiger partial charge in [-0.15, -0.1) is 0 Å². The second-order valence-corrected chi connectivity index (χ2v) is 8.64. The van der Waals surface area contributed by atoms with Crippen molar-refractivity contribution < 1.29 is 9.59 Å². The number of rotatable bonds is 8. The number of likely N-dealkylation sites (tertiary alicyclic amines) is 1. The highest BCUT2D eigenvalue weighted by Crippen LogP contribution is 2.54. The highest BCUT2D eigenvalue weighted by Gasteiger charge is 2.58. The Balaban J connectivity index is 1.23. The summed E-state index contributed by atoms with van der Waals surface area (Å²) in [6.07, 6.45) is 9.44. The van der Waals surface area contributed by atoms with Gasteiger partial charge in [-0.3, -0.25) is 14.7 Å². The normalized spacial score (nSPS) is 27.9. The van der Waals surface area contributed by atoms with Crippen molar-refractivity contribution in [2.45, 2.75) is 45.4 Å². The van der Waals surface area contributed by atoms with Gasteiger partial charge in [0.25, 0.3) is 0 Å². The molecule has 1 unspecified atom stereocenters. The summed E-state index contributed by atoms with van der Waals surface area (Å²) in [5.74, 6) is 2.32. The number of fused-ring (bicyclic) bond motifs is 1. The van der Waals surface area contributed by atoms with E-state index in [1.54, 1.807) is 12.4 Å². The molecule has 0 spiro atoms. The van der Waals surface area contributed by atoms with Crippen LogP contribution in [-0.2, 0) is 16.0 Å². The Morgan fingerprint density at radius 2 is 2.08 bits per heavy atom. The van der Waals surface area contributed by atoms with Gasteiger partial charge in [-0.05, 0) is 42.6 Å². The Hall–Kier alpha value is -1.85. The van der Waals surface area contributed by atoms with E-state index in [9.17, 15) is 9.59 Å². The maximum atomic E-state index is 12.8. The summed E-state index contributed by atoms with van der Waals surface area (Å²) in [4.78, 5) is 29.2. The fourth-order valence-corrected chi connectivity index (χ4v) is 4.83. The first-order valence-corrected chi connectivity index (χ1v) is 10.0. The van der Waals surface area contributed by atoms with Crippen molar-refractivity contribution in [1.29, 1.82) is 0 Å². The third kappa shape index (κ3) is 3.26. The highest BCUT2D eigenvalue weighted by atomic mass is 16.2. The molecule has 0 aromatic carbocycles. The predicted molar refractivity (Wildman–Crippen MR) is 98.2 cm³/mol. The summed E-state index contributed by atoms with van der Waals surface area (Å²) in [5, 5.41) is 6.65. The lowest BCUT2D eigenvalue weighted by atomic mass is 9.97. The molecule has 1 saturated heterocycles. The van der Waals surface area contributed by atoms with E-state index in [0.29, 0.717) is 30.1 Å². The number of carbonyl (C=O) groups is 2. The zero-order valence-corrected chi connectivity index (χ0v) is 15.9. The van der Waals surface area contributed by atoms with Crippen LogP contribution in [0.4, 0.5) is 0 Å². The lowest BCUT2D eigenvalue weighted by molar-refractivity contribution is -0.136. The van der Waals surface area contributed by atoms with Gasteiger partial charge in [0.15, 0.2) is 0 Å². The highest BCUT2D eigenvalue weighted by molar-refractivity contribution is 5.85. The summed E-state index contributed by atoms with van der Waals surface area (Å²) >= 11 is 0. The molecule has 6 nitrogen and oxygen atoms in total. The monoisotopic (exact) mass is 358 g/mol. The minimum absolute atomic E-state index is 0.0264. The average molecular weight is 358 g/mol. The first-order valence-electron chi connectivity index (χ1n) is 10.0. The van der Waals surface area contributed by atoms with Gasteiger partial charge in [-0.1, -0.05) is 19.8 Å². The molecule has 2 heterocycles. The van der Waals surface area contributed by atoms with E-state index in [1.807, 2.05) is 16.8 Å². The summed E-state index contributed by atoms with van der Waals surface area (Å²) in [5.41, 5.74) is 0.917. The van der Waals surface area contributed by atoms with Crippen LogP contribution in [0.25, 0.3) is 0 Å². The molecule has 1 N–H and O–H groups in total. The van der Waals surface area contributed by atoms with Crippen molar-refractivity contribution in [2.75, 3.05) is 26.7 Å². The molecule has 3 atom stereocenters. The third-order valence-corrected chi connectivity index (χ3v) is 6.78. The lowest BCUT2D eigenvalue weighted by Crippen LogP contribution is -2.38. The summed E-state index contributed by atoms with van der Waals surface area (Å²) < 4.78 is 0. The summed E-state index contributed by atoms with van der Waals surface area (Å²) in [7, 11) is 1.98. The largest absolute Gasteiger partial charge is 0.345 e. The molecule has 4 rings (SSSR count). The number of aromatic nitrogens is 2. The topological polar surface area (TPSA) is 69.3 Å². The van der Waals surface area contributed by atoms with Gasteiger partial charge < -0.3 is 9.80 Å². The first-order chi connectivity index (χ1) is 12.5. The third-order valence-electron chi connectivity index (χ3n) is 6.78. The molecule has 142 valence electrons. The van der Waals surface area contributed by atoms with Gasteiger partial charge in [-0.25, -0.2) is 0 Å². The Kier molecular flexibility index (Phi) is 4.53. The van der Waals surface area contributed by atoms with Crippen molar-refractivity contribution in [3.05, 3.63) is 18.0 Å². The number of hydrogen-bond donors (Lipinski definition) is 1. The number of hydrogen-bond acceptors (Lipinski definition) is 3. The maximum Gasteiger partial charge on any atom is 0.228 e. The molecule has 0 bridgehead atoms. The van der Waals surface area contributed by atoms with Crippen LogP contribution < -0.4 is 0 Å². The van der Waals surface area contributed by atoms with Crippen LogP contribution in [0.1, 0.15) is 44.6 Å². The minimum atomic E-state index is -0.0264. The molecule has 2 amide bonds. The van der Waals surface area contributed by atoms with Gasteiger partial charge in [0.1, 0.15) is 0 Å². The van der Waals surface area contributed by atoms with Gasteiger partial charge in [0.05, 0.1) is 12.6 Å². The zero-order valence-electron chi connectivity index (χ0n) is 15.9. The predicted octanol–water partition coefficient (Wildman–Crippen LogP) is 2.09. The molecular weight excluding hydrogens is 328 g/mol. The molecule has 1 aromatic heterocycles. The number of piperidine rings is 1. The van der Waals surface area contributed by atoms with Crippen LogP contribution in [0.5, 0.6) is 0 Å². The van der Waals surface area contributed by atoms with Gasteiger partial charge in [0.2, 0.25) is 11.8 Å². The van der Waals surface area contributed by atoms with Crippen LogP contribution in [-0.4, -0.2) is 58.5 Å². The van der Waals surface area contributed by atoms with Crippen LogP contribution in [0.2, 0.25) is 0 Å². The fraction of sp³-hybridized carbons (Fsp3) is 0.750. The molecule has 3 aliphatic rings. The number of unbranched alkanes of at least 4 members (excludes halogenated alkanes) is 1. The van der Waals surface area contributed by atoms with Crippen LogP contribution >= 0.6 is 0 Å². The minimum Gasteiger partial charge on any atom is -0.345 e. The number of nitrogens with zero attached hydrogens (tertiary/aromatic N) is 3. The molecule has 6 heteroatoms. The smallest absolute Gasteiger partial charge is 0.228 e. The second-order valence-electron chi connectivity index (χ2n) is 8.64. The Labute approximate surface area is 155 Å². The number of H-pyrrole nitrogens is 1. The van der Waals surface area contributed by atoms with Crippen molar-refractivity contribution in [3.8, 4) is 0 Å². The Morgan fingerprint density at radius 1 is 1.35 bits per heavy atom. The zero-order chi connectivity index (χ0) is 18.3. The molecule has 1 aromatic rings. The number of amides is 2. The van der Waals surface area contributed by atoms with Crippen molar-refractivity contribution in [2.24, 2.45) is 23.2 Å². The summed E-state index contributed by atoms with van der Waals surface area (Å²) in [6.45, 7) is 4.77. The van der Waals surface area contributed by atoms with Crippen LogP contribution in [0.15, 0.2) is 12.4 Å². The number of aromatic amines is 1. The average Bonchev–Trinajstić information content (AvgIpc) is 3.38. The van der Waals surface area contributed by atoms with Crippen molar-refractivity contribution in [1.82, 2.24) is 20.0 Å². The fourth-order valence-electron chi connectivity index (χ4n) is 4.83. The van der Waals surface area contributed by atoms with E-state index >= 15 is 0 Å². The van der Waals surface area contributed by atoms with E-state index < -0.39 is 0 Å². The van der Waals surface area contributed by atoms with Gasteiger partial charge >= 0.3 is 0 Å². The molecule has 0 radical (unpaired) electrons. The molecule has 26 heavy (non-hydrogen) atoms. The van der Waals surface area contributed by atoms with Gasteiger partial charge in [0, 0.05) is 38.3 Å². The van der Waals surface area contributed by atoms with Crippen LogP contribution in [0, 0.1) is 23.2 Å². The molecule has 1 aliphatic heterocycles. The maximum absolute atomic E-state index is 12.8. The SMILES string of the molecule is CCCCC1(C(=O)N(C)CC2[C@H]3CN(C(=O)Cc4cn[nH]c4)C[C@@H]23)CC1. The van der Waals surface area contributed by atoms with E-state index in [4.69, 9.17) is 0 Å². The Morgan fingerprint density at radius 3 is 2.65 bits per heavy atom. The summed E-state index contributed by atoms with van der Waals surface area (Å²) in [6, 6.07) is 0. The molecule has 2 saturated carbocycles. The van der Waals surface area contributed by atoms with Gasteiger partial charge in [-0.2, -0.15) is 5.10 Å². The standard InChI is InChI=1S/C20H30N4O2/c1-3-4-5-20(6-7-20)19(26)23(2)11-15-16-12-24(13-17(15)16)18(25)8-14-9-21-22-10-14/h9-10,15-17H,3-8,11-13H2,1-2H3,(H,21,22)/t15?,16-,17+. The molecule has 3 fully saturated rings. The van der Waals surface area contributed by atoms with Crippen molar-refractivity contribution in [3.63, 3.8) is 0 Å². The number of nitrogens with one attached hydrogen (secondary N) is 1. The van der Waals surface area contributed by atoms with E-state index in [1.165, 1.54) is 0 Å². The van der Waals surface area contributed by atoms with E-state index in [0.717, 1.165) is 57.3 Å². The second kappa shape index (κ2) is 6.71. The van der Waals surface area contributed by atoms with E-state index in [2.05, 4.69) is 17.1 Å². The molecule has 2 aliphatic carbocycles. The van der Waals surface area contributed by atoms with Crippen molar-refractivity contribution >= 4 is 11.8 Å². The lowest BCUT2D eigenvalue weighted by Gasteiger charge is -2.25. The number of carbonyl (C=O) groups excluding carboxylic acids is 2. The van der Waals surface area contributed by atoms with Crippen LogP contribution in [0.3, 0.4) is 0 Å². The first kappa shape index (κ1) is 17.6. The quantitative estimate of drug-likeness (QED) is 0.774. The molecular formula is C20H30N4O2.